The number of benzene rings is 9. The topological polar surface area (TPSA) is 73.8 Å². The first kappa shape index (κ1) is 39.4. The zero-order valence-corrected chi connectivity index (χ0v) is 37.0. The zero-order valence-electron chi connectivity index (χ0n) is 33.8. The summed E-state index contributed by atoms with van der Waals surface area (Å²) in [5.74, 6) is 5.08. The molecule has 0 radical (unpaired) electrons. The van der Waals surface area contributed by atoms with Crippen LogP contribution in [0.5, 0.6) is 46.0 Å². The van der Waals surface area contributed by atoms with Crippen LogP contribution in [-0.4, -0.2) is 42.7 Å². The van der Waals surface area contributed by atoms with Crippen molar-refractivity contribution in [3.63, 3.8) is 0 Å². The number of methoxy groups -OCH3 is 6. The fourth-order valence-corrected chi connectivity index (χ4v) is 9.59. The second-order valence-corrected chi connectivity index (χ2v) is 15.9. The van der Waals surface area contributed by atoms with Gasteiger partial charge in [-0.1, -0.05) is 60.7 Å². The Kier molecular flexibility index (Phi) is 10.6. The maximum atomic E-state index is 6.85. The molecule has 10 heteroatoms. The first-order valence-corrected chi connectivity index (χ1v) is 20.8. The van der Waals surface area contributed by atoms with Crippen molar-refractivity contribution in [3.05, 3.63) is 129 Å². The summed E-state index contributed by atoms with van der Waals surface area (Å²) in [4.78, 5) is 0. The Morgan fingerprint density at radius 3 is 1.02 bits per heavy atom. The van der Waals surface area contributed by atoms with Gasteiger partial charge in [-0.25, -0.2) is 0 Å². The van der Waals surface area contributed by atoms with Crippen LogP contribution >= 0.6 is 31.9 Å². The van der Waals surface area contributed by atoms with Gasteiger partial charge in [0.1, 0.15) is 47.7 Å². The third-order valence-electron chi connectivity index (χ3n) is 11.2. The van der Waals surface area contributed by atoms with Crippen LogP contribution in [0.15, 0.2) is 118 Å². The molecular weight excluding hydrogens is 888 g/mol. The number of hydrogen-bond acceptors (Lipinski definition) is 8. The van der Waals surface area contributed by atoms with Gasteiger partial charge < -0.3 is 37.9 Å². The highest BCUT2D eigenvalue weighted by atomic mass is 79.9. The number of halogens is 2. The van der Waals surface area contributed by atoms with Crippen LogP contribution in [0, 0.1) is 0 Å². The first-order valence-electron chi connectivity index (χ1n) is 19.2. The molecule has 60 heavy (non-hydrogen) atoms. The number of ether oxygens (including phenoxy) is 8. The van der Waals surface area contributed by atoms with Crippen LogP contribution in [-0.2, 0) is 13.2 Å². The molecule has 9 aromatic carbocycles. The molecule has 0 unspecified atom stereocenters. The van der Waals surface area contributed by atoms with E-state index >= 15 is 0 Å². The van der Waals surface area contributed by atoms with E-state index in [1.807, 2.05) is 60.7 Å². The van der Waals surface area contributed by atoms with Gasteiger partial charge in [0.2, 0.25) is 0 Å². The highest BCUT2D eigenvalue weighted by molar-refractivity contribution is 9.11. The van der Waals surface area contributed by atoms with E-state index in [9.17, 15) is 0 Å². The van der Waals surface area contributed by atoms with E-state index in [0.717, 1.165) is 84.7 Å². The lowest BCUT2D eigenvalue weighted by molar-refractivity contribution is 0.307. The van der Waals surface area contributed by atoms with Gasteiger partial charge in [-0.2, -0.15) is 0 Å². The molecule has 0 bridgehead atoms. The lowest BCUT2D eigenvalue weighted by atomic mass is 9.87. The van der Waals surface area contributed by atoms with Gasteiger partial charge in [0.05, 0.1) is 51.6 Å². The summed E-state index contributed by atoms with van der Waals surface area (Å²) in [5.41, 5.74) is 2.06. The van der Waals surface area contributed by atoms with Crippen LogP contribution in [0.25, 0.3) is 64.6 Å². The maximum Gasteiger partial charge on any atom is 0.169 e. The summed E-state index contributed by atoms with van der Waals surface area (Å²) in [6, 6.07) is 36.4. The summed E-state index contributed by atoms with van der Waals surface area (Å²) in [5, 5.41) is 10.1. The van der Waals surface area contributed by atoms with Crippen molar-refractivity contribution in [3.8, 4) is 46.0 Å². The SMILES string of the molecule is COc1cc(Br)c(OCc2ccccc2)c2c1cc(OC)c1ccc3c(OC)c(OC)c4ccc5c(OC)cc6c(OC)cc(Br)c(OCc7ccccc7)c6c5c4c3c12. The molecule has 0 atom stereocenters. The molecule has 0 fully saturated rings. The molecule has 0 saturated heterocycles. The molecule has 9 rings (SSSR count). The molecule has 0 N–H and O–H groups in total. The minimum atomic E-state index is 0.331. The minimum Gasteiger partial charge on any atom is -0.496 e. The van der Waals surface area contributed by atoms with Crippen LogP contribution in [0.4, 0.5) is 0 Å². The van der Waals surface area contributed by atoms with Gasteiger partial charge in [0.15, 0.2) is 11.5 Å². The summed E-state index contributed by atoms with van der Waals surface area (Å²) < 4.78 is 52.4. The third kappa shape index (κ3) is 6.32. The Morgan fingerprint density at radius 1 is 0.333 bits per heavy atom. The number of fused-ring (bicyclic) bond motifs is 11. The van der Waals surface area contributed by atoms with Gasteiger partial charge in [-0.3, -0.25) is 0 Å². The molecule has 9 aromatic rings. The Balaban J connectivity index is 1.57. The van der Waals surface area contributed by atoms with Crippen molar-refractivity contribution in [1.29, 1.82) is 0 Å². The van der Waals surface area contributed by atoms with Crippen molar-refractivity contribution >= 4 is 96.5 Å². The van der Waals surface area contributed by atoms with Crippen molar-refractivity contribution in [2.75, 3.05) is 42.7 Å². The molecule has 8 nitrogen and oxygen atoms in total. The fraction of sp³-hybridized carbons (Fsp3) is 0.160. The molecule has 302 valence electrons. The van der Waals surface area contributed by atoms with Crippen LogP contribution in [0.1, 0.15) is 11.1 Å². The van der Waals surface area contributed by atoms with Crippen molar-refractivity contribution in [2.24, 2.45) is 0 Å². The summed E-state index contributed by atoms with van der Waals surface area (Å²) in [6.07, 6.45) is 0. The highest BCUT2D eigenvalue weighted by Gasteiger charge is 2.28. The third-order valence-corrected chi connectivity index (χ3v) is 12.3. The normalized spacial score (nSPS) is 11.5. The lowest BCUT2D eigenvalue weighted by Crippen LogP contribution is -2.01. The first-order chi connectivity index (χ1) is 29.3. The number of rotatable bonds is 12. The summed E-state index contributed by atoms with van der Waals surface area (Å²) in [7, 11) is 10.0. The van der Waals surface area contributed by atoms with Crippen molar-refractivity contribution in [2.45, 2.75) is 13.2 Å². The van der Waals surface area contributed by atoms with E-state index in [0.29, 0.717) is 59.2 Å². The Morgan fingerprint density at radius 2 is 0.667 bits per heavy atom. The van der Waals surface area contributed by atoms with Crippen molar-refractivity contribution in [1.82, 2.24) is 0 Å². The monoisotopic (exact) mass is 926 g/mol. The van der Waals surface area contributed by atoms with Gasteiger partial charge >= 0.3 is 0 Å². The van der Waals surface area contributed by atoms with Gasteiger partial charge in [0.25, 0.3) is 0 Å². The van der Waals surface area contributed by atoms with E-state index in [4.69, 9.17) is 37.9 Å². The highest BCUT2D eigenvalue weighted by Crippen LogP contribution is 2.56. The summed E-state index contributed by atoms with van der Waals surface area (Å²) in [6.45, 7) is 0.662. The lowest BCUT2D eigenvalue weighted by Gasteiger charge is -2.23. The zero-order chi connectivity index (χ0) is 41.7. The van der Waals surface area contributed by atoms with Crippen molar-refractivity contribution < 1.29 is 37.9 Å². The van der Waals surface area contributed by atoms with E-state index in [2.05, 4.69) is 80.4 Å². The molecule has 0 heterocycles. The fourth-order valence-electron chi connectivity index (χ4n) is 8.55. The molecule has 0 amide bonds. The van der Waals surface area contributed by atoms with Crippen LogP contribution in [0.2, 0.25) is 0 Å². The average molecular weight is 929 g/mol. The Bertz CT molecular complexity index is 2920. The molecule has 0 spiro atoms. The minimum absolute atomic E-state index is 0.331. The summed E-state index contributed by atoms with van der Waals surface area (Å²) >= 11 is 7.79. The molecular formula is C50H40Br2O8. The Hall–Kier alpha value is -6.10. The van der Waals surface area contributed by atoms with E-state index in [1.165, 1.54) is 0 Å². The van der Waals surface area contributed by atoms with E-state index in [1.54, 1.807) is 42.7 Å². The molecule has 0 saturated carbocycles. The molecule has 0 aromatic heterocycles. The number of hydrogen-bond donors (Lipinski definition) is 0. The quantitative estimate of drug-likeness (QED) is 0.112. The largest absolute Gasteiger partial charge is 0.496 e. The average Bonchev–Trinajstić information content (AvgIpc) is 3.29. The molecule has 0 aliphatic rings. The second kappa shape index (κ2) is 16.2. The van der Waals surface area contributed by atoms with E-state index < -0.39 is 0 Å². The van der Waals surface area contributed by atoms with Crippen LogP contribution < -0.4 is 37.9 Å². The van der Waals surface area contributed by atoms with Gasteiger partial charge in [-0.05, 0) is 91.5 Å². The standard InChI is InChI=1S/C50H40Br2O8/c1-53-37-21-33-39(55-3)23-35(51)49(59-25-27-13-9-7-10-14-27)45(33)41-29(37)17-19-31-43(41)44-32(48(58-6)47(31)57-5)20-18-30-38(54-2)22-34-40(56-4)24-36(52)50(46(34)42(30)44)60-26-28-15-11-8-12-16-28/h7-24H,25-26H2,1-6H3. The molecule has 0 aliphatic carbocycles. The second-order valence-electron chi connectivity index (χ2n) is 14.2. The Labute approximate surface area is 363 Å². The van der Waals surface area contributed by atoms with Gasteiger partial charge in [0, 0.05) is 64.6 Å². The predicted octanol–water partition coefficient (Wildman–Crippen LogP) is 13.3. The molecule has 0 aliphatic heterocycles. The smallest absolute Gasteiger partial charge is 0.169 e. The van der Waals surface area contributed by atoms with Gasteiger partial charge in [-0.15, -0.1) is 0 Å². The maximum absolute atomic E-state index is 6.85. The predicted molar refractivity (Wildman–Crippen MR) is 248 cm³/mol. The van der Waals surface area contributed by atoms with Crippen LogP contribution in [0.3, 0.4) is 0 Å². The van der Waals surface area contributed by atoms with E-state index in [-0.39, 0.29) is 0 Å².